The number of hydrogen-bond donors (Lipinski definition) is 3. The zero-order valence-corrected chi connectivity index (χ0v) is 13.9. The highest BCUT2D eigenvalue weighted by Crippen LogP contribution is 2.16. The van der Waals surface area contributed by atoms with E-state index in [1.165, 1.54) is 5.56 Å². The summed E-state index contributed by atoms with van der Waals surface area (Å²) in [6, 6.07) is 16.4. The molecule has 0 spiro atoms. The van der Waals surface area contributed by atoms with Crippen LogP contribution in [-0.2, 0) is 29.0 Å². The van der Waals surface area contributed by atoms with Crippen LogP contribution in [0.4, 0.5) is 0 Å². The number of benzene rings is 2. The summed E-state index contributed by atoms with van der Waals surface area (Å²) in [6.45, 7) is 0.621. The van der Waals surface area contributed by atoms with Gasteiger partial charge in [-0.3, -0.25) is 4.79 Å². The zero-order valence-electron chi connectivity index (χ0n) is 13.9. The molecular weight excluding hydrogens is 316 g/mol. The molecule has 0 aliphatic carbocycles. The minimum Gasteiger partial charge on any atom is -0.480 e. The summed E-state index contributed by atoms with van der Waals surface area (Å²) in [4.78, 5) is 24.0. The van der Waals surface area contributed by atoms with Gasteiger partial charge in [-0.25, -0.2) is 4.79 Å². The first-order valence-electron chi connectivity index (χ1n) is 8.51. The maximum atomic E-state index is 12.5. The molecule has 1 amide bonds. The summed E-state index contributed by atoms with van der Waals surface area (Å²) in [5.74, 6) is -1.25. The van der Waals surface area contributed by atoms with Gasteiger partial charge >= 0.3 is 5.97 Å². The molecule has 130 valence electrons. The van der Waals surface area contributed by atoms with Crippen molar-refractivity contribution in [3.63, 3.8) is 0 Å². The summed E-state index contributed by atoms with van der Waals surface area (Å²) >= 11 is 0. The topological polar surface area (TPSA) is 78.4 Å². The molecule has 25 heavy (non-hydrogen) atoms. The van der Waals surface area contributed by atoms with E-state index < -0.39 is 18.1 Å². The molecule has 1 aliphatic rings. The molecular formula is C20H22N2O3. The fourth-order valence-electron chi connectivity index (χ4n) is 3.13. The second-order valence-electron chi connectivity index (χ2n) is 6.33. The molecule has 2 aromatic carbocycles. The largest absolute Gasteiger partial charge is 0.480 e. The fraction of sp³-hybridized carbons (Fsp3) is 0.300. The molecule has 0 bridgehead atoms. The standard InChI is InChI=1S/C20H22N2O3/c23-19(18-12-15-8-4-5-9-16(15)13-21-18)22-17(20(24)25)11-10-14-6-2-1-3-7-14/h1-9,17-18,21H,10-13H2,(H,22,23)(H,24,25)/t17?,18-/m0/s1. The summed E-state index contributed by atoms with van der Waals surface area (Å²) in [5.41, 5.74) is 3.38. The predicted octanol–water partition coefficient (Wildman–Crippen LogP) is 1.90. The molecule has 3 rings (SSSR count). The highest BCUT2D eigenvalue weighted by atomic mass is 16.4. The number of fused-ring (bicyclic) bond motifs is 1. The van der Waals surface area contributed by atoms with Gasteiger partial charge in [0.2, 0.25) is 5.91 Å². The van der Waals surface area contributed by atoms with Crippen molar-refractivity contribution >= 4 is 11.9 Å². The lowest BCUT2D eigenvalue weighted by Crippen LogP contribution is -2.52. The van der Waals surface area contributed by atoms with Gasteiger partial charge in [0.25, 0.3) is 0 Å². The second kappa shape index (κ2) is 7.94. The van der Waals surface area contributed by atoms with Crippen molar-refractivity contribution in [1.29, 1.82) is 0 Å². The SMILES string of the molecule is O=C(O)C(CCc1ccccc1)NC(=O)[C@@H]1Cc2ccccc2CN1. The predicted molar refractivity (Wildman–Crippen MR) is 95.1 cm³/mol. The molecule has 0 radical (unpaired) electrons. The van der Waals surface area contributed by atoms with Crippen LogP contribution in [0.2, 0.25) is 0 Å². The van der Waals surface area contributed by atoms with Crippen molar-refractivity contribution in [2.75, 3.05) is 0 Å². The van der Waals surface area contributed by atoms with Crippen LogP contribution in [0.5, 0.6) is 0 Å². The Morgan fingerprint density at radius 1 is 1.08 bits per heavy atom. The van der Waals surface area contributed by atoms with Crippen molar-refractivity contribution < 1.29 is 14.7 Å². The van der Waals surface area contributed by atoms with E-state index in [0.29, 0.717) is 25.8 Å². The van der Waals surface area contributed by atoms with E-state index in [1.54, 1.807) is 0 Å². The number of rotatable bonds is 6. The van der Waals surface area contributed by atoms with Crippen LogP contribution in [0.15, 0.2) is 54.6 Å². The minimum absolute atomic E-state index is 0.255. The van der Waals surface area contributed by atoms with E-state index in [1.807, 2.05) is 54.6 Å². The second-order valence-corrected chi connectivity index (χ2v) is 6.33. The average molecular weight is 338 g/mol. The van der Waals surface area contributed by atoms with Gasteiger partial charge in [-0.1, -0.05) is 54.6 Å². The van der Waals surface area contributed by atoms with E-state index in [2.05, 4.69) is 10.6 Å². The van der Waals surface area contributed by atoms with E-state index in [-0.39, 0.29) is 5.91 Å². The van der Waals surface area contributed by atoms with E-state index in [9.17, 15) is 14.7 Å². The Hall–Kier alpha value is -2.66. The van der Waals surface area contributed by atoms with E-state index in [4.69, 9.17) is 0 Å². The van der Waals surface area contributed by atoms with Crippen LogP contribution >= 0.6 is 0 Å². The van der Waals surface area contributed by atoms with Gasteiger partial charge in [0, 0.05) is 6.54 Å². The van der Waals surface area contributed by atoms with Gasteiger partial charge in [0.15, 0.2) is 0 Å². The number of aryl methyl sites for hydroxylation is 1. The molecule has 2 aromatic rings. The average Bonchev–Trinajstić information content (AvgIpc) is 2.65. The highest BCUT2D eigenvalue weighted by Gasteiger charge is 2.27. The molecule has 0 saturated carbocycles. The number of carbonyl (C=O) groups excluding carboxylic acids is 1. The van der Waals surface area contributed by atoms with Gasteiger partial charge in [-0.2, -0.15) is 0 Å². The lowest BCUT2D eigenvalue weighted by atomic mass is 9.95. The molecule has 0 aromatic heterocycles. The molecule has 1 unspecified atom stereocenters. The van der Waals surface area contributed by atoms with E-state index >= 15 is 0 Å². The quantitative estimate of drug-likeness (QED) is 0.752. The summed E-state index contributed by atoms with van der Waals surface area (Å²) in [7, 11) is 0. The van der Waals surface area contributed by atoms with Crippen LogP contribution in [0.25, 0.3) is 0 Å². The number of carboxylic acids is 1. The molecule has 5 nitrogen and oxygen atoms in total. The number of nitrogens with one attached hydrogen (secondary N) is 2. The Labute approximate surface area is 147 Å². The van der Waals surface area contributed by atoms with Gasteiger partial charge in [-0.05, 0) is 36.0 Å². The molecule has 0 fully saturated rings. The Bertz CT molecular complexity index is 746. The van der Waals surface area contributed by atoms with Crippen LogP contribution in [0, 0.1) is 0 Å². The molecule has 0 saturated heterocycles. The van der Waals surface area contributed by atoms with Gasteiger partial charge in [0.1, 0.15) is 6.04 Å². The molecule has 5 heteroatoms. The highest BCUT2D eigenvalue weighted by molar-refractivity contribution is 5.87. The number of carboxylic acid groups (broad SMARTS) is 1. The van der Waals surface area contributed by atoms with Crippen LogP contribution in [0.1, 0.15) is 23.1 Å². The van der Waals surface area contributed by atoms with Gasteiger partial charge < -0.3 is 15.7 Å². The van der Waals surface area contributed by atoms with Crippen molar-refractivity contribution in [1.82, 2.24) is 10.6 Å². The Kier molecular flexibility index (Phi) is 5.46. The third kappa shape index (κ3) is 4.45. The third-order valence-electron chi connectivity index (χ3n) is 4.58. The number of aliphatic carboxylic acids is 1. The maximum absolute atomic E-state index is 12.5. The van der Waals surface area contributed by atoms with Gasteiger partial charge in [0.05, 0.1) is 6.04 Å². The summed E-state index contributed by atoms with van der Waals surface area (Å²) in [5, 5.41) is 15.3. The van der Waals surface area contributed by atoms with Crippen LogP contribution < -0.4 is 10.6 Å². The van der Waals surface area contributed by atoms with Crippen molar-refractivity contribution in [3.8, 4) is 0 Å². The van der Waals surface area contributed by atoms with Crippen LogP contribution in [-0.4, -0.2) is 29.1 Å². The number of carbonyl (C=O) groups is 2. The maximum Gasteiger partial charge on any atom is 0.326 e. The Morgan fingerprint density at radius 2 is 1.76 bits per heavy atom. The van der Waals surface area contributed by atoms with E-state index in [0.717, 1.165) is 11.1 Å². The lowest BCUT2D eigenvalue weighted by molar-refractivity contribution is -0.142. The van der Waals surface area contributed by atoms with Crippen LogP contribution in [0.3, 0.4) is 0 Å². The van der Waals surface area contributed by atoms with Crippen molar-refractivity contribution in [2.24, 2.45) is 0 Å². The first kappa shape index (κ1) is 17.2. The summed E-state index contributed by atoms with van der Waals surface area (Å²) in [6.07, 6.45) is 1.56. The molecule has 3 N–H and O–H groups in total. The van der Waals surface area contributed by atoms with Crippen molar-refractivity contribution in [2.45, 2.75) is 37.9 Å². The number of hydrogen-bond acceptors (Lipinski definition) is 3. The minimum atomic E-state index is -1.000. The number of amides is 1. The molecule has 1 aliphatic heterocycles. The zero-order chi connectivity index (χ0) is 17.6. The smallest absolute Gasteiger partial charge is 0.326 e. The first-order chi connectivity index (χ1) is 12.1. The Balaban J connectivity index is 1.58. The monoisotopic (exact) mass is 338 g/mol. The van der Waals surface area contributed by atoms with Crippen molar-refractivity contribution in [3.05, 3.63) is 71.3 Å². The Morgan fingerprint density at radius 3 is 2.48 bits per heavy atom. The van der Waals surface area contributed by atoms with Gasteiger partial charge in [-0.15, -0.1) is 0 Å². The lowest BCUT2D eigenvalue weighted by Gasteiger charge is -2.26. The first-order valence-corrected chi connectivity index (χ1v) is 8.51. The fourth-order valence-corrected chi connectivity index (χ4v) is 3.13. The molecule has 1 heterocycles. The molecule has 2 atom stereocenters. The third-order valence-corrected chi connectivity index (χ3v) is 4.58. The normalized spacial score (nSPS) is 17.4. The summed E-state index contributed by atoms with van der Waals surface area (Å²) < 4.78 is 0.